The van der Waals surface area contributed by atoms with E-state index in [9.17, 15) is 20.1 Å². The van der Waals surface area contributed by atoms with Crippen molar-refractivity contribution in [3.8, 4) is 17.2 Å². The van der Waals surface area contributed by atoms with Gasteiger partial charge in [0.2, 0.25) is 0 Å². The Balaban J connectivity index is 0.0000101. The van der Waals surface area contributed by atoms with E-state index >= 15 is 0 Å². The third-order valence-electron chi connectivity index (χ3n) is 8.71. The fourth-order valence-electron chi connectivity index (χ4n) is 5.27. The van der Waals surface area contributed by atoms with Crippen molar-refractivity contribution in [3.63, 3.8) is 0 Å². The Morgan fingerprint density at radius 3 is 1.49 bits per heavy atom. The number of halogens is 1. The molecule has 2 aromatic carbocycles. The van der Waals surface area contributed by atoms with Gasteiger partial charge in [-0.05, 0) is 69.9 Å². The second-order valence-corrected chi connectivity index (χ2v) is 16.7. The third kappa shape index (κ3) is 9.71. The summed E-state index contributed by atoms with van der Waals surface area (Å²) in [5.41, 5.74) is 2.94. The lowest BCUT2D eigenvalue weighted by Crippen LogP contribution is -3.00. The second-order valence-electron chi connectivity index (χ2n) is 16.7. The van der Waals surface area contributed by atoms with Crippen molar-refractivity contribution < 1.29 is 41.6 Å². The van der Waals surface area contributed by atoms with Crippen molar-refractivity contribution in [1.82, 2.24) is 5.01 Å². The molecule has 0 spiro atoms. The minimum Gasteiger partial charge on any atom is -1.00 e. The Hall–Kier alpha value is -2.58. The van der Waals surface area contributed by atoms with Crippen LogP contribution in [0.3, 0.4) is 0 Å². The number of amides is 1. The molecule has 0 bridgehead atoms. The van der Waals surface area contributed by atoms with Crippen molar-refractivity contribution >= 4 is 12.1 Å². The number of nitrogens with zero attached hydrogens (tertiary/aromatic N) is 3. The summed E-state index contributed by atoms with van der Waals surface area (Å²) in [5, 5.41) is 39.8. The number of hydrazone groups is 1. The van der Waals surface area contributed by atoms with Gasteiger partial charge in [0.25, 0.3) is 5.91 Å². The summed E-state index contributed by atoms with van der Waals surface area (Å²) in [6.45, 7) is 30.7. The van der Waals surface area contributed by atoms with Crippen LogP contribution in [-0.4, -0.2) is 63.6 Å². The number of rotatable bonds is 8. The number of carbonyl (C=O) groups excluding carboxylic acids is 1. The third-order valence-corrected chi connectivity index (χ3v) is 8.71. The van der Waals surface area contributed by atoms with Crippen LogP contribution in [0.25, 0.3) is 0 Å². The molecule has 0 aliphatic rings. The topological polar surface area (TPSA) is 93.4 Å². The lowest BCUT2D eigenvalue weighted by Gasteiger charge is -2.33. The zero-order valence-corrected chi connectivity index (χ0v) is 32.2. The Morgan fingerprint density at radius 1 is 0.711 bits per heavy atom. The first kappa shape index (κ1) is 40.4. The molecule has 0 aromatic heterocycles. The van der Waals surface area contributed by atoms with Gasteiger partial charge >= 0.3 is 0 Å². The van der Waals surface area contributed by atoms with E-state index in [1.54, 1.807) is 0 Å². The number of likely N-dealkylation sites (N-methyl/N-ethyl adjacent to an activating group) is 1. The Morgan fingerprint density at radius 2 is 1.11 bits per heavy atom. The highest BCUT2D eigenvalue weighted by Crippen LogP contribution is 2.44. The average Bonchev–Trinajstić information content (AvgIpc) is 2.86. The average molecular weight is 691 g/mol. The van der Waals surface area contributed by atoms with Gasteiger partial charge in [0.15, 0.2) is 18.0 Å². The summed E-state index contributed by atoms with van der Waals surface area (Å²) in [7, 11) is 2.06. The number of aromatic hydroxyl groups is 3. The van der Waals surface area contributed by atoms with Gasteiger partial charge < -0.3 is 36.8 Å². The fraction of sp³-hybridized carbons (Fsp3) is 0.622. The summed E-state index contributed by atoms with van der Waals surface area (Å²) in [5.74, 6) is -0.280. The number of carbonyl (C=O) groups is 1. The molecule has 1 amide bonds. The SMILES string of the molecule is CC[N+](C)(CC)CC(=O)N(Cc1cc(C(C)(C)C)c(O)c(C(C)(C)C)c1)N=Cc1c(C(C)(C)C)cc(C(C)(C)C)c(O)c1O.[Br-]. The van der Waals surface area contributed by atoms with E-state index in [0.717, 1.165) is 35.3 Å². The zero-order chi connectivity index (χ0) is 34.2. The largest absolute Gasteiger partial charge is 1.00 e. The molecule has 7 nitrogen and oxygen atoms in total. The van der Waals surface area contributed by atoms with Crippen LogP contribution in [0.4, 0.5) is 0 Å². The molecule has 8 heteroatoms. The van der Waals surface area contributed by atoms with Crippen molar-refractivity contribution in [1.29, 1.82) is 0 Å². The molecule has 0 radical (unpaired) electrons. The first-order chi connectivity index (χ1) is 19.8. The quantitative estimate of drug-likeness (QED) is 0.160. The van der Waals surface area contributed by atoms with Crippen LogP contribution in [0, 0.1) is 0 Å². The lowest BCUT2D eigenvalue weighted by atomic mass is 9.77. The van der Waals surface area contributed by atoms with Gasteiger partial charge in [-0.2, -0.15) is 5.10 Å². The maximum absolute atomic E-state index is 14.0. The lowest BCUT2D eigenvalue weighted by molar-refractivity contribution is -0.898. The molecular formula is C37H60BrN3O4. The normalized spacial score (nSPS) is 13.2. The highest BCUT2D eigenvalue weighted by Gasteiger charge is 2.31. The Bertz CT molecular complexity index is 1350. The molecule has 0 unspecified atom stereocenters. The highest BCUT2D eigenvalue weighted by atomic mass is 79.9. The van der Waals surface area contributed by atoms with Gasteiger partial charge in [0.05, 0.1) is 32.9 Å². The predicted octanol–water partition coefficient (Wildman–Crippen LogP) is 4.85. The summed E-state index contributed by atoms with van der Waals surface area (Å²) < 4.78 is 0.556. The van der Waals surface area contributed by atoms with Gasteiger partial charge in [0, 0.05) is 11.1 Å². The first-order valence-electron chi connectivity index (χ1n) is 15.9. The predicted molar refractivity (Wildman–Crippen MR) is 183 cm³/mol. The minimum absolute atomic E-state index is 0. The molecular weight excluding hydrogens is 630 g/mol. The molecule has 0 saturated carbocycles. The number of phenolic OH excluding ortho intramolecular Hbond substituents is 3. The summed E-state index contributed by atoms with van der Waals surface area (Å²) in [6.07, 6.45) is 1.51. The van der Waals surface area contributed by atoms with Crippen LogP contribution >= 0.6 is 0 Å². The van der Waals surface area contributed by atoms with E-state index in [1.807, 2.05) is 39.0 Å². The van der Waals surface area contributed by atoms with Gasteiger partial charge in [-0.1, -0.05) is 89.2 Å². The molecule has 0 saturated heterocycles. The van der Waals surface area contributed by atoms with Crippen molar-refractivity contribution in [2.45, 2.75) is 125 Å². The number of benzene rings is 2. The van der Waals surface area contributed by atoms with Gasteiger partial charge in [-0.25, -0.2) is 5.01 Å². The summed E-state index contributed by atoms with van der Waals surface area (Å²) in [6, 6.07) is 5.88. The van der Waals surface area contributed by atoms with Gasteiger partial charge in [-0.15, -0.1) is 0 Å². The van der Waals surface area contributed by atoms with Crippen molar-refractivity contribution in [2.24, 2.45) is 5.10 Å². The first-order valence-corrected chi connectivity index (χ1v) is 15.9. The van der Waals surface area contributed by atoms with Crippen LogP contribution in [0.2, 0.25) is 0 Å². The molecule has 0 atom stereocenters. The molecule has 0 heterocycles. The minimum atomic E-state index is -0.393. The van der Waals surface area contributed by atoms with E-state index < -0.39 is 5.41 Å². The van der Waals surface area contributed by atoms with E-state index in [4.69, 9.17) is 5.10 Å². The maximum atomic E-state index is 14.0. The number of hydrogen-bond acceptors (Lipinski definition) is 5. The van der Waals surface area contributed by atoms with Crippen LogP contribution in [0.5, 0.6) is 17.2 Å². The van der Waals surface area contributed by atoms with E-state index in [1.165, 1.54) is 11.2 Å². The molecule has 45 heavy (non-hydrogen) atoms. The van der Waals surface area contributed by atoms with Crippen molar-refractivity contribution in [2.75, 3.05) is 26.7 Å². The standard InChI is InChI=1S/C37H59N3O4.BrH/c1-16-40(15,17-2)23-30(41)39(22-24-18-27(35(6,7)8)32(43)28(19-24)36(9,10)11)38-21-25-26(34(3,4)5)20-29(37(12,13)14)33(44)31(25)42;/h18-21H,16-17,22-23H2,1-15H3,(H2-,38,42,43,44);1H. The second kappa shape index (κ2) is 14.0. The van der Waals surface area contributed by atoms with Crippen molar-refractivity contribution in [3.05, 3.63) is 51.6 Å². The summed E-state index contributed by atoms with van der Waals surface area (Å²) >= 11 is 0. The Labute approximate surface area is 283 Å². The number of phenols is 3. The van der Waals surface area contributed by atoms with Crippen LogP contribution in [0.1, 0.15) is 130 Å². The molecule has 2 aromatic rings. The maximum Gasteiger partial charge on any atom is 0.298 e. The van der Waals surface area contributed by atoms with E-state index in [0.29, 0.717) is 15.6 Å². The van der Waals surface area contributed by atoms with Gasteiger partial charge in [0.1, 0.15) is 5.75 Å². The smallest absolute Gasteiger partial charge is 0.298 e. The van der Waals surface area contributed by atoms with Crippen LogP contribution < -0.4 is 17.0 Å². The number of hydrogen-bond donors (Lipinski definition) is 3. The molecule has 0 aliphatic heterocycles. The Kier molecular flexibility index (Phi) is 12.6. The van der Waals surface area contributed by atoms with Crippen LogP contribution in [-0.2, 0) is 33.0 Å². The summed E-state index contributed by atoms with van der Waals surface area (Å²) in [4.78, 5) is 14.0. The highest BCUT2D eigenvalue weighted by molar-refractivity contribution is 5.89. The zero-order valence-electron chi connectivity index (χ0n) is 30.6. The number of quaternary nitrogens is 1. The molecule has 3 N–H and O–H groups in total. The molecule has 0 aliphatic carbocycles. The van der Waals surface area contributed by atoms with E-state index in [-0.39, 0.29) is 69.5 Å². The van der Waals surface area contributed by atoms with Crippen LogP contribution in [0.15, 0.2) is 23.3 Å². The van der Waals surface area contributed by atoms with Gasteiger partial charge in [-0.3, -0.25) is 4.79 Å². The monoisotopic (exact) mass is 689 g/mol. The van der Waals surface area contributed by atoms with E-state index in [2.05, 4.69) is 83.2 Å². The molecule has 254 valence electrons. The fourth-order valence-corrected chi connectivity index (χ4v) is 5.27. The molecule has 2 rings (SSSR count). The molecule has 0 fully saturated rings.